The molecule has 21 heavy (non-hydrogen) atoms. The van der Waals surface area contributed by atoms with Gasteiger partial charge in [-0.25, -0.2) is 4.79 Å². The van der Waals surface area contributed by atoms with E-state index in [9.17, 15) is 9.59 Å². The maximum atomic E-state index is 12.3. The maximum Gasteiger partial charge on any atom is 0.335 e. The number of carbonyl (C=O) groups is 2. The van der Waals surface area contributed by atoms with E-state index in [0.717, 1.165) is 11.1 Å². The Kier molecular flexibility index (Phi) is 4.43. The maximum absolute atomic E-state index is 12.3. The minimum absolute atomic E-state index is 0.120. The van der Waals surface area contributed by atoms with Crippen LogP contribution < -0.4 is 5.32 Å². The zero-order valence-corrected chi connectivity index (χ0v) is 13.2. The van der Waals surface area contributed by atoms with Crippen molar-refractivity contribution in [3.63, 3.8) is 0 Å². The lowest BCUT2D eigenvalue weighted by atomic mass is 10.1. The monoisotopic (exact) mass is 347 g/mol. The number of nitrogens with one attached hydrogen (secondary N) is 1. The van der Waals surface area contributed by atoms with Gasteiger partial charge >= 0.3 is 5.97 Å². The molecule has 1 amide bonds. The average molecular weight is 348 g/mol. The Labute approximate surface area is 130 Å². The Hall–Kier alpha value is -2.14. The minimum Gasteiger partial charge on any atom is -0.478 e. The van der Waals surface area contributed by atoms with Crippen molar-refractivity contribution in [3.8, 4) is 0 Å². The van der Waals surface area contributed by atoms with Gasteiger partial charge in [0.25, 0.3) is 5.91 Å². The molecule has 2 aromatic carbocycles. The summed E-state index contributed by atoms with van der Waals surface area (Å²) in [5.41, 5.74) is 3.07. The number of benzene rings is 2. The number of aryl methyl sites for hydroxylation is 2. The van der Waals surface area contributed by atoms with Crippen LogP contribution in [0.5, 0.6) is 0 Å². The van der Waals surface area contributed by atoms with Crippen LogP contribution in [-0.2, 0) is 0 Å². The number of halogens is 1. The van der Waals surface area contributed by atoms with E-state index in [0.29, 0.717) is 15.7 Å². The summed E-state index contributed by atoms with van der Waals surface area (Å²) in [5, 5.41) is 11.7. The van der Waals surface area contributed by atoms with Gasteiger partial charge in [-0.05, 0) is 59.6 Å². The van der Waals surface area contributed by atoms with Crippen molar-refractivity contribution in [2.45, 2.75) is 13.8 Å². The largest absolute Gasteiger partial charge is 0.478 e. The summed E-state index contributed by atoms with van der Waals surface area (Å²) in [6.45, 7) is 3.83. The first kappa shape index (κ1) is 15.3. The Morgan fingerprint density at radius 3 is 2.43 bits per heavy atom. The van der Waals surface area contributed by atoms with Crippen LogP contribution in [0, 0.1) is 13.8 Å². The van der Waals surface area contributed by atoms with E-state index in [4.69, 9.17) is 5.11 Å². The molecule has 0 unspecified atom stereocenters. The van der Waals surface area contributed by atoms with Gasteiger partial charge in [-0.3, -0.25) is 4.79 Å². The smallest absolute Gasteiger partial charge is 0.335 e. The van der Waals surface area contributed by atoms with Crippen LogP contribution in [0.25, 0.3) is 0 Å². The quantitative estimate of drug-likeness (QED) is 0.881. The first-order valence-corrected chi connectivity index (χ1v) is 7.09. The van der Waals surface area contributed by atoms with Crippen LogP contribution in [-0.4, -0.2) is 17.0 Å². The highest BCUT2D eigenvalue weighted by Crippen LogP contribution is 2.25. The van der Waals surface area contributed by atoms with E-state index in [1.165, 1.54) is 12.1 Å². The molecule has 2 aromatic rings. The predicted octanol–water partition coefficient (Wildman–Crippen LogP) is 4.02. The number of carbonyl (C=O) groups excluding carboxylic acids is 1. The van der Waals surface area contributed by atoms with E-state index in [2.05, 4.69) is 21.2 Å². The van der Waals surface area contributed by atoms with Crippen molar-refractivity contribution in [2.24, 2.45) is 0 Å². The first-order chi connectivity index (χ1) is 9.88. The number of aromatic carboxylic acids is 1. The van der Waals surface area contributed by atoms with Crippen LogP contribution in [0.2, 0.25) is 0 Å². The fourth-order valence-corrected chi connectivity index (χ4v) is 2.36. The molecule has 2 rings (SSSR count). The highest BCUT2D eigenvalue weighted by Gasteiger charge is 2.13. The van der Waals surface area contributed by atoms with Crippen molar-refractivity contribution in [1.29, 1.82) is 0 Å². The second-order valence-electron chi connectivity index (χ2n) is 4.77. The molecule has 5 heteroatoms. The van der Waals surface area contributed by atoms with Crippen LogP contribution in [0.4, 0.5) is 5.69 Å². The molecule has 0 aliphatic rings. The normalized spacial score (nSPS) is 10.2. The Bertz CT molecular complexity index is 725. The zero-order chi connectivity index (χ0) is 15.6. The van der Waals surface area contributed by atoms with Gasteiger partial charge in [-0.2, -0.15) is 0 Å². The molecule has 0 aromatic heterocycles. The van der Waals surface area contributed by atoms with Crippen LogP contribution in [0.3, 0.4) is 0 Å². The number of carboxylic acid groups (broad SMARTS) is 1. The first-order valence-electron chi connectivity index (χ1n) is 6.30. The Morgan fingerprint density at radius 1 is 1.10 bits per heavy atom. The molecule has 0 aliphatic heterocycles. The van der Waals surface area contributed by atoms with Gasteiger partial charge in [-0.1, -0.05) is 17.7 Å². The summed E-state index contributed by atoms with van der Waals surface area (Å²) in [4.78, 5) is 23.3. The van der Waals surface area contributed by atoms with Gasteiger partial charge < -0.3 is 10.4 Å². The van der Waals surface area contributed by atoms with Crippen molar-refractivity contribution in [1.82, 2.24) is 0 Å². The molecule has 0 fully saturated rings. The lowest BCUT2D eigenvalue weighted by Gasteiger charge is -2.10. The van der Waals surface area contributed by atoms with Gasteiger partial charge in [0.05, 0.1) is 11.3 Å². The lowest BCUT2D eigenvalue weighted by molar-refractivity contribution is 0.0696. The zero-order valence-electron chi connectivity index (χ0n) is 11.6. The molecular weight excluding hydrogens is 334 g/mol. The molecule has 4 nitrogen and oxygen atoms in total. The number of hydrogen-bond donors (Lipinski definition) is 2. The van der Waals surface area contributed by atoms with Crippen LogP contribution in [0.1, 0.15) is 31.8 Å². The molecule has 2 N–H and O–H groups in total. The van der Waals surface area contributed by atoms with E-state index in [1.54, 1.807) is 12.1 Å². The molecule has 0 saturated heterocycles. The summed E-state index contributed by atoms with van der Waals surface area (Å²) >= 11 is 3.30. The predicted molar refractivity (Wildman–Crippen MR) is 85.0 cm³/mol. The van der Waals surface area contributed by atoms with Crippen molar-refractivity contribution < 1.29 is 14.7 Å². The number of anilines is 1. The molecule has 108 valence electrons. The van der Waals surface area contributed by atoms with Gasteiger partial charge in [0.1, 0.15) is 0 Å². The summed E-state index contributed by atoms with van der Waals surface area (Å²) in [7, 11) is 0. The van der Waals surface area contributed by atoms with Gasteiger partial charge in [0, 0.05) is 10.0 Å². The van der Waals surface area contributed by atoms with Gasteiger partial charge in [-0.15, -0.1) is 0 Å². The second-order valence-corrected chi connectivity index (χ2v) is 5.63. The third kappa shape index (κ3) is 3.49. The summed E-state index contributed by atoms with van der Waals surface area (Å²) in [5.74, 6) is -1.31. The molecule has 0 atom stereocenters. The Morgan fingerprint density at radius 2 is 1.81 bits per heavy atom. The minimum atomic E-state index is -1.04. The van der Waals surface area contributed by atoms with Crippen molar-refractivity contribution >= 4 is 33.5 Å². The molecule has 0 spiro atoms. The molecule has 0 aliphatic carbocycles. The summed E-state index contributed by atoms with van der Waals surface area (Å²) in [6, 6.07) is 10.0. The SMILES string of the molecule is Cc1ccc(C(=O)Nc2cc(C(=O)O)ccc2Br)c(C)c1. The second kappa shape index (κ2) is 6.10. The molecule has 0 saturated carbocycles. The number of carboxylic acids is 1. The number of amides is 1. The topological polar surface area (TPSA) is 66.4 Å². The van der Waals surface area contributed by atoms with E-state index >= 15 is 0 Å². The number of rotatable bonds is 3. The standard InChI is InChI=1S/C16H14BrNO3/c1-9-3-5-12(10(2)7-9)15(19)18-14-8-11(16(20)21)4-6-13(14)17/h3-8H,1-2H3,(H,18,19)(H,20,21). The molecule has 0 heterocycles. The Balaban J connectivity index is 2.31. The fraction of sp³-hybridized carbons (Fsp3) is 0.125. The van der Waals surface area contributed by atoms with Crippen LogP contribution in [0.15, 0.2) is 40.9 Å². The fourth-order valence-electron chi connectivity index (χ4n) is 2.01. The number of hydrogen-bond acceptors (Lipinski definition) is 2. The highest BCUT2D eigenvalue weighted by molar-refractivity contribution is 9.10. The van der Waals surface area contributed by atoms with Crippen molar-refractivity contribution in [3.05, 3.63) is 63.1 Å². The summed E-state index contributed by atoms with van der Waals surface area (Å²) < 4.78 is 0.630. The van der Waals surface area contributed by atoms with Gasteiger partial charge in [0.2, 0.25) is 0 Å². The third-order valence-electron chi connectivity index (χ3n) is 3.09. The molecular formula is C16H14BrNO3. The van der Waals surface area contributed by atoms with Crippen molar-refractivity contribution in [2.75, 3.05) is 5.32 Å². The lowest BCUT2D eigenvalue weighted by Crippen LogP contribution is -2.14. The third-order valence-corrected chi connectivity index (χ3v) is 3.78. The average Bonchev–Trinajstić information content (AvgIpc) is 2.40. The van der Waals surface area contributed by atoms with E-state index in [1.807, 2.05) is 26.0 Å². The van der Waals surface area contributed by atoms with Crippen LogP contribution >= 0.6 is 15.9 Å². The highest BCUT2D eigenvalue weighted by atomic mass is 79.9. The summed E-state index contributed by atoms with van der Waals surface area (Å²) in [6.07, 6.45) is 0. The van der Waals surface area contributed by atoms with E-state index < -0.39 is 5.97 Å². The van der Waals surface area contributed by atoms with Gasteiger partial charge in [0.15, 0.2) is 0 Å². The van der Waals surface area contributed by atoms with E-state index in [-0.39, 0.29) is 11.5 Å². The molecule has 0 radical (unpaired) electrons. The molecule has 0 bridgehead atoms.